The Morgan fingerprint density at radius 3 is 3.05 bits per heavy atom. The fraction of sp³-hybridized carbons (Fsp3) is 0.200. The fourth-order valence-electron chi connectivity index (χ4n) is 2.09. The summed E-state index contributed by atoms with van der Waals surface area (Å²) >= 11 is 4.94. The molecule has 2 aromatic rings. The molecule has 1 N–H and O–H groups in total. The predicted octanol–water partition coefficient (Wildman–Crippen LogP) is 3.46. The predicted molar refractivity (Wildman–Crippen MR) is 86.3 cm³/mol. The average molecular weight is 383 g/mol. The van der Waals surface area contributed by atoms with Gasteiger partial charge in [0.2, 0.25) is 6.10 Å². The van der Waals surface area contributed by atoms with Crippen molar-refractivity contribution in [1.82, 2.24) is 5.32 Å². The molecule has 0 fully saturated rings. The summed E-state index contributed by atoms with van der Waals surface area (Å²) in [6.45, 7) is 0.449. The second kappa shape index (κ2) is 6.58. The lowest BCUT2D eigenvalue weighted by Gasteiger charge is -2.08. The highest BCUT2D eigenvalue weighted by molar-refractivity contribution is 9.11. The van der Waals surface area contributed by atoms with Gasteiger partial charge in [-0.25, -0.2) is 4.39 Å². The van der Waals surface area contributed by atoms with Gasteiger partial charge in [-0.2, -0.15) is 0 Å². The molecule has 4 nitrogen and oxygen atoms in total. The second-order valence-corrected chi connectivity index (χ2v) is 7.32. The number of halogens is 2. The molecule has 114 valence electrons. The van der Waals surface area contributed by atoms with E-state index in [1.54, 1.807) is 23.5 Å². The number of carbonyl (C=O) groups excluding carboxylic acids is 1. The molecule has 7 heteroatoms. The van der Waals surface area contributed by atoms with Crippen LogP contribution >= 0.6 is 27.3 Å². The smallest absolute Gasteiger partial charge is 0.264 e. The number of nitrogens with one attached hydrogen (secondary N) is 1. The summed E-state index contributed by atoms with van der Waals surface area (Å²) in [5.41, 5.74) is 1.22. The monoisotopic (exact) mass is 382 g/mol. The van der Waals surface area contributed by atoms with E-state index in [0.717, 1.165) is 8.66 Å². The number of hydrogen-bond donors (Lipinski definition) is 1. The molecule has 3 rings (SSSR count). The van der Waals surface area contributed by atoms with Crippen molar-refractivity contribution in [2.75, 3.05) is 0 Å². The van der Waals surface area contributed by atoms with E-state index in [0.29, 0.717) is 24.2 Å². The Hall–Kier alpha value is -1.73. The topological polar surface area (TPSA) is 50.7 Å². The first kappa shape index (κ1) is 15.2. The van der Waals surface area contributed by atoms with Crippen LogP contribution in [0.4, 0.5) is 4.39 Å². The van der Waals surface area contributed by atoms with E-state index in [9.17, 15) is 9.18 Å². The largest absolute Gasteiger partial charge is 0.382 e. The highest BCUT2D eigenvalue weighted by Crippen LogP contribution is 2.22. The van der Waals surface area contributed by atoms with E-state index in [1.165, 1.54) is 12.1 Å². The normalized spacial score (nSPS) is 17.0. The lowest BCUT2D eigenvalue weighted by molar-refractivity contribution is -0.131. The Bertz CT molecular complexity index is 732. The van der Waals surface area contributed by atoms with E-state index in [4.69, 9.17) is 4.84 Å². The van der Waals surface area contributed by atoms with E-state index < -0.39 is 6.10 Å². The number of rotatable bonds is 4. The molecule has 1 aliphatic heterocycles. The Labute approximate surface area is 139 Å². The molecule has 0 spiro atoms. The van der Waals surface area contributed by atoms with Crippen LogP contribution in [-0.4, -0.2) is 17.7 Å². The van der Waals surface area contributed by atoms with Gasteiger partial charge in [-0.3, -0.25) is 4.79 Å². The minimum atomic E-state index is -0.665. The number of carbonyl (C=O) groups is 1. The van der Waals surface area contributed by atoms with Crippen molar-refractivity contribution in [3.63, 3.8) is 0 Å². The van der Waals surface area contributed by atoms with Crippen LogP contribution in [0.5, 0.6) is 0 Å². The number of oxime groups is 1. The molecule has 1 aromatic carbocycles. The molecule has 0 unspecified atom stereocenters. The van der Waals surface area contributed by atoms with Crippen molar-refractivity contribution in [1.29, 1.82) is 0 Å². The van der Waals surface area contributed by atoms with E-state index in [-0.39, 0.29) is 11.7 Å². The van der Waals surface area contributed by atoms with Gasteiger partial charge in [-0.05, 0) is 40.2 Å². The highest BCUT2D eigenvalue weighted by Gasteiger charge is 2.28. The van der Waals surface area contributed by atoms with Gasteiger partial charge in [-0.1, -0.05) is 17.3 Å². The minimum absolute atomic E-state index is 0.223. The van der Waals surface area contributed by atoms with Crippen molar-refractivity contribution in [2.45, 2.75) is 19.1 Å². The summed E-state index contributed by atoms with van der Waals surface area (Å²) in [4.78, 5) is 18.3. The van der Waals surface area contributed by atoms with Crippen LogP contribution in [0.1, 0.15) is 16.9 Å². The van der Waals surface area contributed by atoms with Gasteiger partial charge in [0.05, 0.1) is 16.0 Å². The van der Waals surface area contributed by atoms with E-state index in [2.05, 4.69) is 26.4 Å². The average Bonchev–Trinajstić information content (AvgIpc) is 3.14. The summed E-state index contributed by atoms with van der Waals surface area (Å²) in [6, 6.07) is 9.97. The van der Waals surface area contributed by atoms with Crippen molar-refractivity contribution >= 4 is 38.9 Å². The van der Waals surface area contributed by atoms with Crippen LogP contribution < -0.4 is 5.32 Å². The lowest BCUT2D eigenvalue weighted by Crippen LogP contribution is -2.34. The van der Waals surface area contributed by atoms with Crippen LogP contribution in [0.2, 0.25) is 0 Å². The zero-order valence-electron chi connectivity index (χ0n) is 11.4. The third-order valence-corrected chi connectivity index (χ3v) is 4.81. The van der Waals surface area contributed by atoms with Gasteiger partial charge < -0.3 is 10.2 Å². The third kappa shape index (κ3) is 3.53. The Morgan fingerprint density at radius 1 is 1.45 bits per heavy atom. The first-order valence-electron chi connectivity index (χ1n) is 6.62. The number of nitrogens with zero attached hydrogens (tertiary/aromatic N) is 1. The standard InChI is InChI=1S/C15H12BrFN2O2S/c16-14-5-4-11(22-14)8-18-15(20)13-7-12(19-21-13)9-2-1-3-10(17)6-9/h1-6,13H,7-8H2,(H,18,20)/t13-/m0/s1. The summed E-state index contributed by atoms with van der Waals surface area (Å²) in [7, 11) is 0. The van der Waals surface area contributed by atoms with Gasteiger partial charge >= 0.3 is 0 Å². The van der Waals surface area contributed by atoms with Crippen LogP contribution in [0.3, 0.4) is 0 Å². The third-order valence-electron chi connectivity index (χ3n) is 3.18. The Kier molecular flexibility index (Phi) is 4.54. The molecule has 22 heavy (non-hydrogen) atoms. The lowest BCUT2D eigenvalue weighted by atomic mass is 10.0. The molecule has 1 aliphatic rings. The second-order valence-electron chi connectivity index (χ2n) is 4.77. The number of benzene rings is 1. The molecule has 1 aromatic heterocycles. The summed E-state index contributed by atoms with van der Waals surface area (Å²) in [5, 5.41) is 6.71. The van der Waals surface area contributed by atoms with Crippen LogP contribution in [-0.2, 0) is 16.2 Å². The minimum Gasteiger partial charge on any atom is -0.382 e. The molecular weight excluding hydrogens is 371 g/mol. The van der Waals surface area contributed by atoms with E-state index >= 15 is 0 Å². The van der Waals surface area contributed by atoms with Crippen LogP contribution in [0, 0.1) is 5.82 Å². The van der Waals surface area contributed by atoms with Crippen molar-refractivity contribution < 1.29 is 14.0 Å². The molecule has 0 bridgehead atoms. The van der Waals surface area contributed by atoms with Gasteiger partial charge in [0.25, 0.3) is 5.91 Å². The first-order valence-corrected chi connectivity index (χ1v) is 8.23. The van der Waals surface area contributed by atoms with Crippen molar-refractivity contribution in [2.24, 2.45) is 5.16 Å². The zero-order valence-corrected chi connectivity index (χ0v) is 13.8. The molecule has 1 amide bonds. The van der Waals surface area contributed by atoms with Gasteiger partial charge in [-0.15, -0.1) is 11.3 Å². The quantitative estimate of drug-likeness (QED) is 0.879. The maximum Gasteiger partial charge on any atom is 0.264 e. The molecule has 0 saturated heterocycles. The number of hydrogen-bond acceptors (Lipinski definition) is 4. The molecule has 0 saturated carbocycles. The SMILES string of the molecule is O=C(NCc1ccc(Br)s1)[C@@H]1CC(c2cccc(F)c2)=NO1. The Morgan fingerprint density at radius 2 is 2.32 bits per heavy atom. The van der Waals surface area contributed by atoms with Crippen LogP contribution in [0.25, 0.3) is 0 Å². The zero-order chi connectivity index (χ0) is 15.5. The summed E-state index contributed by atoms with van der Waals surface area (Å²) in [5.74, 6) is -0.559. The molecule has 0 radical (unpaired) electrons. The van der Waals surface area contributed by atoms with Crippen molar-refractivity contribution in [3.05, 3.63) is 56.4 Å². The van der Waals surface area contributed by atoms with E-state index in [1.807, 2.05) is 12.1 Å². The summed E-state index contributed by atoms with van der Waals surface area (Å²) in [6.07, 6.45) is -0.328. The maximum atomic E-state index is 13.2. The maximum absolute atomic E-state index is 13.2. The Balaban J connectivity index is 1.56. The number of thiophene rings is 1. The molecule has 1 atom stereocenters. The number of amides is 1. The van der Waals surface area contributed by atoms with Crippen LogP contribution in [0.15, 0.2) is 45.3 Å². The summed E-state index contributed by atoms with van der Waals surface area (Å²) < 4.78 is 14.2. The first-order chi connectivity index (χ1) is 10.6. The molecule has 0 aliphatic carbocycles. The highest BCUT2D eigenvalue weighted by atomic mass is 79.9. The fourth-order valence-corrected chi connectivity index (χ4v) is 3.51. The molecular formula is C15H12BrFN2O2S. The van der Waals surface area contributed by atoms with Gasteiger partial charge in [0, 0.05) is 16.9 Å². The van der Waals surface area contributed by atoms with Gasteiger partial charge in [0.15, 0.2) is 0 Å². The van der Waals surface area contributed by atoms with Crippen molar-refractivity contribution in [3.8, 4) is 0 Å². The molecule has 2 heterocycles. The van der Waals surface area contributed by atoms with Gasteiger partial charge in [0.1, 0.15) is 5.82 Å².